The Bertz CT molecular complexity index is 493. The Kier molecular flexibility index (Phi) is 7.58. The minimum atomic E-state index is 0. The van der Waals surface area contributed by atoms with Gasteiger partial charge in [0.1, 0.15) is 0 Å². The largest absolute Gasteiger partial charge is 0.345 e. The molecule has 1 aliphatic heterocycles. The zero-order valence-electron chi connectivity index (χ0n) is 12.7. The smallest absolute Gasteiger partial charge is 0.194 e. The molecule has 1 aliphatic rings. The SMILES string of the molecule is C#CCNC(=NC)N1CCC(c2ccccc2)C(C)C1.I. The van der Waals surface area contributed by atoms with Crippen molar-refractivity contribution in [2.75, 3.05) is 26.7 Å². The molecule has 0 bridgehead atoms. The fourth-order valence-corrected chi connectivity index (χ4v) is 3.00. The van der Waals surface area contributed by atoms with Crippen LogP contribution in [0.15, 0.2) is 35.3 Å². The molecular weight excluding hydrogens is 373 g/mol. The van der Waals surface area contributed by atoms with Crippen molar-refractivity contribution in [3.05, 3.63) is 35.9 Å². The molecule has 0 amide bonds. The van der Waals surface area contributed by atoms with E-state index in [4.69, 9.17) is 6.42 Å². The lowest BCUT2D eigenvalue weighted by Crippen LogP contribution is -2.48. The van der Waals surface area contributed by atoms with Crippen molar-refractivity contribution in [3.8, 4) is 12.3 Å². The van der Waals surface area contributed by atoms with Crippen molar-refractivity contribution in [1.29, 1.82) is 0 Å². The van der Waals surface area contributed by atoms with Crippen molar-refractivity contribution in [2.45, 2.75) is 19.3 Å². The van der Waals surface area contributed by atoms with Gasteiger partial charge in [-0.3, -0.25) is 4.99 Å². The molecule has 1 aromatic rings. The standard InChI is InChI=1S/C17H23N3.HI/c1-4-11-19-17(18-3)20-12-10-16(14(2)13-20)15-8-6-5-7-9-15;/h1,5-9,14,16H,10-13H2,2-3H3,(H,18,19);1H. The molecule has 2 unspecified atom stereocenters. The Balaban J connectivity index is 0.00000220. The Morgan fingerprint density at radius 3 is 2.71 bits per heavy atom. The van der Waals surface area contributed by atoms with Gasteiger partial charge in [0.15, 0.2) is 5.96 Å². The molecule has 1 heterocycles. The number of nitrogens with zero attached hydrogens (tertiary/aromatic N) is 2. The van der Waals surface area contributed by atoms with Gasteiger partial charge in [0.2, 0.25) is 0 Å². The summed E-state index contributed by atoms with van der Waals surface area (Å²) in [5.41, 5.74) is 1.45. The summed E-state index contributed by atoms with van der Waals surface area (Å²) in [6, 6.07) is 10.8. The predicted molar refractivity (Wildman–Crippen MR) is 100 cm³/mol. The van der Waals surface area contributed by atoms with Gasteiger partial charge in [-0.15, -0.1) is 30.4 Å². The summed E-state index contributed by atoms with van der Waals surface area (Å²) in [6.45, 7) is 4.88. The second-order valence-electron chi connectivity index (χ2n) is 5.33. The predicted octanol–water partition coefficient (Wildman–Crippen LogP) is 2.94. The van der Waals surface area contributed by atoms with Crippen molar-refractivity contribution >= 4 is 29.9 Å². The van der Waals surface area contributed by atoms with Crippen molar-refractivity contribution in [2.24, 2.45) is 10.9 Å². The van der Waals surface area contributed by atoms with E-state index in [2.05, 4.69) is 58.4 Å². The van der Waals surface area contributed by atoms with Gasteiger partial charge >= 0.3 is 0 Å². The highest BCUT2D eigenvalue weighted by Crippen LogP contribution is 2.32. The van der Waals surface area contributed by atoms with E-state index in [-0.39, 0.29) is 24.0 Å². The molecule has 1 fully saturated rings. The van der Waals surface area contributed by atoms with E-state index in [0.717, 1.165) is 25.5 Å². The average molecular weight is 397 g/mol. The molecule has 2 rings (SSSR count). The first-order valence-corrected chi connectivity index (χ1v) is 7.20. The van der Waals surface area contributed by atoms with Gasteiger partial charge in [-0.25, -0.2) is 0 Å². The van der Waals surface area contributed by atoms with E-state index in [1.807, 2.05) is 7.05 Å². The number of terminal acetylenes is 1. The fourth-order valence-electron chi connectivity index (χ4n) is 3.00. The van der Waals surface area contributed by atoms with E-state index in [1.165, 1.54) is 5.56 Å². The lowest BCUT2D eigenvalue weighted by atomic mass is 9.82. The van der Waals surface area contributed by atoms with E-state index >= 15 is 0 Å². The maximum Gasteiger partial charge on any atom is 0.194 e. The number of benzene rings is 1. The third-order valence-electron chi connectivity index (χ3n) is 3.99. The summed E-state index contributed by atoms with van der Waals surface area (Å²) in [4.78, 5) is 6.62. The number of nitrogens with one attached hydrogen (secondary N) is 1. The Hall–Kier alpha value is -1.22. The third-order valence-corrected chi connectivity index (χ3v) is 3.99. The lowest BCUT2D eigenvalue weighted by Gasteiger charge is -2.38. The maximum atomic E-state index is 5.30. The second kappa shape index (κ2) is 8.93. The van der Waals surface area contributed by atoms with Crippen LogP contribution in [0, 0.1) is 18.3 Å². The number of piperidine rings is 1. The van der Waals surface area contributed by atoms with Crippen LogP contribution in [0.3, 0.4) is 0 Å². The highest BCUT2D eigenvalue weighted by molar-refractivity contribution is 14.0. The monoisotopic (exact) mass is 397 g/mol. The van der Waals surface area contributed by atoms with Crippen molar-refractivity contribution in [3.63, 3.8) is 0 Å². The fraction of sp³-hybridized carbons (Fsp3) is 0.471. The average Bonchev–Trinajstić information content (AvgIpc) is 2.49. The van der Waals surface area contributed by atoms with Gasteiger partial charge in [0, 0.05) is 20.1 Å². The summed E-state index contributed by atoms with van der Waals surface area (Å²) in [5.74, 6) is 4.76. The molecule has 21 heavy (non-hydrogen) atoms. The van der Waals surface area contributed by atoms with Crippen LogP contribution in [0.5, 0.6) is 0 Å². The minimum absolute atomic E-state index is 0. The highest BCUT2D eigenvalue weighted by Gasteiger charge is 2.28. The molecule has 3 nitrogen and oxygen atoms in total. The first-order valence-electron chi connectivity index (χ1n) is 7.20. The molecule has 1 N–H and O–H groups in total. The molecular formula is C17H24IN3. The number of rotatable bonds is 2. The summed E-state index contributed by atoms with van der Waals surface area (Å²) in [5, 5.41) is 3.20. The number of hydrogen-bond acceptors (Lipinski definition) is 1. The Labute approximate surface area is 145 Å². The molecule has 4 heteroatoms. The summed E-state index contributed by atoms with van der Waals surface area (Å²) >= 11 is 0. The van der Waals surface area contributed by atoms with Crippen molar-refractivity contribution in [1.82, 2.24) is 10.2 Å². The van der Waals surface area contributed by atoms with Crippen LogP contribution in [-0.4, -0.2) is 37.5 Å². The zero-order chi connectivity index (χ0) is 14.4. The first kappa shape index (κ1) is 17.8. The topological polar surface area (TPSA) is 27.6 Å². The quantitative estimate of drug-likeness (QED) is 0.360. The maximum absolute atomic E-state index is 5.30. The van der Waals surface area contributed by atoms with Gasteiger partial charge < -0.3 is 10.2 Å². The van der Waals surface area contributed by atoms with E-state index in [9.17, 15) is 0 Å². The summed E-state index contributed by atoms with van der Waals surface area (Å²) in [7, 11) is 1.81. The van der Waals surface area contributed by atoms with Crippen LogP contribution < -0.4 is 5.32 Å². The van der Waals surface area contributed by atoms with Crippen molar-refractivity contribution < 1.29 is 0 Å². The van der Waals surface area contributed by atoms with Gasteiger partial charge in [-0.1, -0.05) is 43.2 Å². The van der Waals surface area contributed by atoms with Crippen LogP contribution in [0.1, 0.15) is 24.8 Å². The van der Waals surface area contributed by atoms with Crippen LogP contribution in [0.2, 0.25) is 0 Å². The summed E-state index contributed by atoms with van der Waals surface area (Å²) < 4.78 is 0. The molecule has 1 aromatic carbocycles. The Morgan fingerprint density at radius 2 is 2.14 bits per heavy atom. The normalized spacial score (nSPS) is 22.1. The lowest BCUT2D eigenvalue weighted by molar-refractivity contribution is 0.235. The first-order chi connectivity index (χ1) is 9.76. The number of halogens is 1. The molecule has 0 spiro atoms. The minimum Gasteiger partial charge on any atom is -0.345 e. The van der Waals surface area contributed by atoms with Gasteiger partial charge in [-0.2, -0.15) is 0 Å². The molecule has 0 saturated carbocycles. The number of aliphatic imine (C=N–C) groups is 1. The molecule has 0 aliphatic carbocycles. The molecule has 2 atom stereocenters. The van der Waals surface area contributed by atoms with Gasteiger partial charge in [0.05, 0.1) is 6.54 Å². The molecule has 0 aromatic heterocycles. The number of guanidine groups is 1. The van der Waals surface area contributed by atoms with E-state index in [1.54, 1.807) is 0 Å². The summed E-state index contributed by atoms with van der Waals surface area (Å²) in [6.07, 6.45) is 6.46. The number of likely N-dealkylation sites (tertiary alicyclic amines) is 1. The molecule has 114 valence electrons. The number of hydrogen-bond donors (Lipinski definition) is 1. The van der Waals surface area contributed by atoms with Gasteiger partial charge in [-0.05, 0) is 23.8 Å². The Morgan fingerprint density at radius 1 is 1.43 bits per heavy atom. The van der Waals surface area contributed by atoms with Crippen LogP contribution in [0.25, 0.3) is 0 Å². The second-order valence-corrected chi connectivity index (χ2v) is 5.33. The van der Waals surface area contributed by atoms with Crippen LogP contribution in [-0.2, 0) is 0 Å². The van der Waals surface area contributed by atoms with E-state index in [0.29, 0.717) is 18.4 Å². The highest BCUT2D eigenvalue weighted by atomic mass is 127. The van der Waals surface area contributed by atoms with E-state index < -0.39 is 0 Å². The molecule has 1 saturated heterocycles. The zero-order valence-corrected chi connectivity index (χ0v) is 15.1. The van der Waals surface area contributed by atoms with Crippen LogP contribution >= 0.6 is 24.0 Å². The van der Waals surface area contributed by atoms with Crippen LogP contribution in [0.4, 0.5) is 0 Å². The third kappa shape index (κ3) is 4.63. The van der Waals surface area contributed by atoms with Gasteiger partial charge in [0.25, 0.3) is 0 Å². The molecule has 0 radical (unpaired) electrons.